The van der Waals surface area contributed by atoms with E-state index in [0.717, 1.165) is 11.4 Å². The van der Waals surface area contributed by atoms with E-state index in [4.69, 9.17) is 4.42 Å². The van der Waals surface area contributed by atoms with Crippen molar-refractivity contribution in [1.29, 1.82) is 0 Å². The van der Waals surface area contributed by atoms with Crippen molar-refractivity contribution < 1.29 is 9.21 Å². The Kier molecular flexibility index (Phi) is 3.19. The van der Waals surface area contributed by atoms with Gasteiger partial charge in [0, 0.05) is 0 Å². The second-order valence-corrected chi connectivity index (χ2v) is 4.15. The maximum absolute atomic E-state index is 11.7. The van der Waals surface area contributed by atoms with Crippen LogP contribution in [-0.4, -0.2) is 21.1 Å². The Morgan fingerprint density at radius 2 is 2.06 bits per heavy atom. The summed E-state index contributed by atoms with van der Waals surface area (Å²) in [5.41, 5.74) is 1.44. The molecule has 0 aliphatic rings. The van der Waals surface area contributed by atoms with E-state index >= 15 is 0 Å². The zero-order valence-corrected chi connectivity index (χ0v) is 10.8. The Balaban J connectivity index is 2.15. The molecule has 0 saturated heterocycles. The van der Waals surface area contributed by atoms with Crippen LogP contribution in [0.25, 0.3) is 0 Å². The van der Waals surface area contributed by atoms with Gasteiger partial charge in [0.05, 0.1) is 11.4 Å². The molecule has 0 aliphatic heterocycles. The molecule has 0 atom stereocenters. The fourth-order valence-corrected chi connectivity index (χ4v) is 1.42. The number of nitrogens with one attached hydrogen (secondary N) is 1. The van der Waals surface area contributed by atoms with Crippen molar-refractivity contribution in [2.24, 2.45) is 0 Å². The Bertz CT molecular complexity index is 567. The number of halogens is 1. The van der Waals surface area contributed by atoms with Crippen LogP contribution in [0.5, 0.6) is 0 Å². The van der Waals surface area contributed by atoms with Crippen LogP contribution in [0.15, 0.2) is 21.2 Å². The third-order valence-corrected chi connectivity index (χ3v) is 2.54. The fourth-order valence-electron chi connectivity index (χ4n) is 1.11. The summed E-state index contributed by atoms with van der Waals surface area (Å²) in [7, 11) is 0. The molecule has 2 rings (SSSR count). The predicted octanol–water partition coefficient (Wildman–Crippen LogP) is 2.10. The molecule has 17 heavy (non-hydrogen) atoms. The molecule has 0 radical (unpaired) electrons. The first-order valence-electron chi connectivity index (χ1n) is 4.81. The Hall–Kier alpha value is -1.76. The highest BCUT2D eigenvalue weighted by molar-refractivity contribution is 9.10. The number of anilines is 1. The molecule has 1 amide bonds. The van der Waals surface area contributed by atoms with Crippen molar-refractivity contribution in [2.75, 3.05) is 5.32 Å². The largest absolute Gasteiger partial charge is 0.444 e. The zero-order chi connectivity index (χ0) is 12.4. The topological polar surface area (TPSA) is 80.9 Å². The van der Waals surface area contributed by atoms with E-state index in [1.165, 1.54) is 0 Å². The number of carbonyl (C=O) groups is 1. The number of furan rings is 1. The lowest BCUT2D eigenvalue weighted by Gasteiger charge is -2.02. The molecule has 0 aromatic carbocycles. The number of hydrogen-bond acceptors (Lipinski definition) is 5. The Morgan fingerprint density at radius 3 is 2.65 bits per heavy atom. The van der Waals surface area contributed by atoms with Crippen molar-refractivity contribution in [3.05, 3.63) is 34.0 Å². The molecule has 2 aromatic rings. The van der Waals surface area contributed by atoms with Gasteiger partial charge in [-0.05, 0) is 41.9 Å². The van der Waals surface area contributed by atoms with E-state index in [9.17, 15) is 4.79 Å². The van der Waals surface area contributed by atoms with E-state index in [0.29, 0.717) is 4.67 Å². The molecule has 88 valence electrons. The van der Waals surface area contributed by atoms with Crippen molar-refractivity contribution in [2.45, 2.75) is 13.8 Å². The van der Waals surface area contributed by atoms with Gasteiger partial charge in [0.15, 0.2) is 10.4 Å². The molecule has 2 aromatic heterocycles. The van der Waals surface area contributed by atoms with Crippen molar-refractivity contribution in [3.63, 3.8) is 0 Å². The van der Waals surface area contributed by atoms with Crippen LogP contribution in [0.1, 0.15) is 21.9 Å². The van der Waals surface area contributed by atoms with Gasteiger partial charge in [0.25, 0.3) is 5.91 Å². The van der Waals surface area contributed by atoms with Gasteiger partial charge in [-0.1, -0.05) is 0 Å². The average molecular weight is 297 g/mol. The number of hydrogen-bond donors (Lipinski definition) is 1. The number of aryl methyl sites for hydroxylation is 2. The first kappa shape index (κ1) is 11.7. The van der Waals surface area contributed by atoms with Gasteiger partial charge in [-0.3, -0.25) is 10.1 Å². The minimum atomic E-state index is -0.416. The second-order valence-electron chi connectivity index (χ2n) is 3.36. The molecule has 1 N–H and O–H groups in total. The Morgan fingerprint density at radius 1 is 1.29 bits per heavy atom. The van der Waals surface area contributed by atoms with Crippen LogP contribution in [-0.2, 0) is 0 Å². The monoisotopic (exact) mass is 296 g/mol. The van der Waals surface area contributed by atoms with Gasteiger partial charge >= 0.3 is 0 Å². The first-order valence-corrected chi connectivity index (χ1v) is 5.60. The van der Waals surface area contributed by atoms with E-state index in [-0.39, 0.29) is 11.7 Å². The summed E-state index contributed by atoms with van der Waals surface area (Å²) in [6.07, 6.45) is 0. The van der Waals surface area contributed by atoms with Gasteiger partial charge < -0.3 is 4.42 Å². The summed E-state index contributed by atoms with van der Waals surface area (Å²) < 4.78 is 5.59. The van der Waals surface area contributed by atoms with Crippen LogP contribution >= 0.6 is 15.9 Å². The van der Waals surface area contributed by atoms with E-state index in [2.05, 4.69) is 36.4 Å². The molecule has 0 aliphatic carbocycles. The molecule has 6 nitrogen and oxygen atoms in total. The normalized spacial score (nSPS) is 10.3. The Labute approximate surface area is 106 Å². The summed E-state index contributed by atoms with van der Waals surface area (Å²) >= 11 is 3.12. The van der Waals surface area contributed by atoms with Gasteiger partial charge in [0.2, 0.25) is 5.95 Å². The third kappa shape index (κ3) is 2.68. The van der Waals surface area contributed by atoms with E-state index in [1.54, 1.807) is 26.0 Å². The quantitative estimate of drug-likeness (QED) is 0.918. The molecule has 0 spiro atoms. The standard InChI is InChI=1S/C10H9BrN4O2/c1-5-6(2)14-15-10(12-5)13-9(16)7-3-4-8(11)17-7/h3-4H,1-2H3,(H,12,13,15,16). The molecule has 0 bridgehead atoms. The van der Waals surface area contributed by atoms with E-state index in [1.807, 2.05) is 0 Å². The lowest BCUT2D eigenvalue weighted by Crippen LogP contribution is -2.14. The van der Waals surface area contributed by atoms with Crippen LogP contribution in [0, 0.1) is 13.8 Å². The van der Waals surface area contributed by atoms with E-state index < -0.39 is 5.91 Å². The molecule has 2 heterocycles. The van der Waals surface area contributed by atoms with Crippen LogP contribution in [0.3, 0.4) is 0 Å². The lowest BCUT2D eigenvalue weighted by atomic mass is 10.4. The highest BCUT2D eigenvalue weighted by Crippen LogP contribution is 2.14. The maximum Gasteiger partial charge on any atom is 0.293 e. The number of carbonyl (C=O) groups excluding carboxylic acids is 1. The number of nitrogens with zero attached hydrogens (tertiary/aromatic N) is 3. The fraction of sp³-hybridized carbons (Fsp3) is 0.200. The van der Waals surface area contributed by atoms with Crippen molar-refractivity contribution >= 4 is 27.8 Å². The molecule has 7 heteroatoms. The van der Waals surface area contributed by atoms with Gasteiger partial charge in [-0.15, -0.1) is 5.10 Å². The summed E-state index contributed by atoms with van der Waals surface area (Å²) in [6.45, 7) is 3.59. The highest BCUT2D eigenvalue weighted by Gasteiger charge is 2.12. The molecule has 0 unspecified atom stereocenters. The van der Waals surface area contributed by atoms with Gasteiger partial charge in [0.1, 0.15) is 0 Å². The molecular weight excluding hydrogens is 288 g/mol. The summed E-state index contributed by atoms with van der Waals surface area (Å²) in [5.74, 6) is -0.0786. The summed E-state index contributed by atoms with van der Waals surface area (Å²) in [6, 6.07) is 3.18. The summed E-state index contributed by atoms with van der Waals surface area (Å²) in [5, 5.41) is 10.1. The number of aromatic nitrogens is 3. The number of rotatable bonds is 2. The highest BCUT2D eigenvalue weighted by atomic mass is 79.9. The number of amides is 1. The minimum Gasteiger partial charge on any atom is -0.444 e. The van der Waals surface area contributed by atoms with Gasteiger partial charge in [-0.25, -0.2) is 4.98 Å². The smallest absolute Gasteiger partial charge is 0.293 e. The summed E-state index contributed by atoms with van der Waals surface area (Å²) in [4.78, 5) is 15.8. The predicted molar refractivity (Wildman–Crippen MR) is 63.7 cm³/mol. The minimum absolute atomic E-state index is 0.158. The second kappa shape index (κ2) is 4.62. The van der Waals surface area contributed by atoms with Crippen LogP contribution in [0.4, 0.5) is 5.95 Å². The van der Waals surface area contributed by atoms with Gasteiger partial charge in [-0.2, -0.15) is 5.10 Å². The first-order chi connectivity index (χ1) is 8.06. The molecule has 0 saturated carbocycles. The van der Waals surface area contributed by atoms with Crippen LogP contribution < -0.4 is 5.32 Å². The lowest BCUT2D eigenvalue weighted by molar-refractivity contribution is 0.0994. The van der Waals surface area contributed by atoms with Crippen molar-refractivity contribution in [3.8, 4) is 0 Å². The average Bonchev–Trinajstić information content (AvgIpc) is 2.70. The molecular formula is C10H9BrN4O2. The SMILES string of the molecule is Cc1nnc(NC(=O)c2ccc(Br)o2)nc1C. The third-order valence-electron chi connectivity index (χ3n) is 2.11. The van der Waals surface area contributed by atoms with Crippen molar-refractivity contribution in [1.82, 2.24) is 15.2 Å². The maximum atomic E-state index is 11.7. The van der Waals surface area contributed by atoms with Crippen LogP contribution in [0.2, 0.25) is 0 Å². The molecule has 0 fully saturated rings. The zero-order valence-electron chi connectivity index (χ0n) is 9.19.